The molecule has 6 heteroatoms. The van der Waals surface area contributed by atoms with E-state index in [0.29, 0.717) is 17.4 Å². The average Bonchev–Trinajstić information content (AvgIpc) is 2.45. The summed E-state index contributed by atoms with van der Waals surface area (Å²) in [5.74, 6) is 0.0423. The fourth-order valence-electron chi connectivity index (χ4n) is 2.21. The van der Waals surface area contributed by atoms with Crippen molar-refractivity contribution >= 4 is 17.5 Å². The van der Waals surface area contributed by atoms with Crippen molar-refractivity contribution in [3.8, 4) is 5.75 Å². The molecule has 1 atom stereocenters. The van der Waals surface area contributed by atoms with Gasteiger partial charge < -0.3 is 21.3 Å². The SMILES string of the molecule is NC(=O)CC(N)(O)Cc1ccc(OCc2cccc(Cl)c2)cc1. The standard InChI is InChI=1S/C17H19ClN2O3/c18-14-3-1-2-13(8-14)11-23-15-6-4-12(5-7-15)9-17(20,22)10-16(19)21/h1-8,22H,9-11,20H2,(H2,19,21). The number of hydrogen-bond donors (Lipinski definition) is 3. The lowest BCUT2D eigenvalue weighted by Crippen LogP contribution is -2.45. The highest BCUT2D eigenvalue weighted by Crippen LogP contribution is 2.18. The Hall–Kier alpha value is -2.08. The van der Waals surface area contributed by atoms with E-state index >= 15 is 0 Å². The van der Waals surface area contributed by atoms with Gasteiger partial charge >= 0.3 is 0 Å². The summed E-state index contributed by atoms with van der Waals surface area (Å²) in [5, 5.41) is 10.6. The summed E-state index contributed by atoms with van der Waals surface area (Å²) < 4.78 is 5.67. The minimum absolute atomic E-state index is 0.129. The summed E-state index contributed by atoms with van der Waals surface area (Å²) in [7, 11) is 0. The van der Waals surface area contributed by atoms with E-state index in [0.717, 1.165) is 11.1 Å². The van der Waals surface area contributed by atoms with Gasteiger partial charge in [-0.1, -0.05) is 35.9 Å². The van der Waals surface area contributed by atoms with Gasteiger partial charge in [-0.25, -0.2) is 0 Å². The van der Waals surface area contributed by atoms with Crippen LogP contribution in [0.5, 0.6) is 5.75 Å². The Balaban J connectivity index is 1.93. The van der Waals surface area contributed by atoms with Crippen molar-refractivity contribution in [1.82, 2.24) is 0 Å². The zero-order valence-corrected chi connectivity index (χ0v) is 13.3. The molecule has 122 valence electrons. The van der Waals surface area contributed by atoms with E-state index in [1.165, 1.54) is 0 Å². The van der Waals surface area contributed by atoms with Crippen LogP contribution in [-0.4, -0.2) is 16.7 Å². The molecular formula is C17H19ClN2O3. The molecule has 0 aromatic heterocycles. The van der Waals surface area contributed by atoms with Gasteiger partial charge in [0.25, 0.3) is 0 Å². The maximum atomic E-state index is 10.9. The van der Waals surface area contributed by atoms with Gasteiger partial charge in [-0.05, 0) is 35.4 Å². The van der Waals surface area contributed by atoms with E-state index in [1.54, 1.807) is 30.3 Å². The number of aliphatic hydroxyl groups is 1. The van der Waals surface area contributed by atoms with E-state index in [1.807, 2.05) is 18.2 Å². The van der Waals surface area contributed by atoms with Gasteiger partial charge in [0, 0.05) is 11.4 Å². The first-order valence-corrected chi connectivity index (χ1v) is 7.48. The van der Waals surface area contributed by atoms with Crippen LogP contribution in [0.3, 0.4) is 0 Å². The summed E-state index contributed by atoms with van der Waals surface area (Å²) in [6.07, 6.45) is -0.162. The molecule has 0 heterocycles. The third-order valence-electron chi connectivity index (χ3n) is 3.21. The van der Waals surface area contributed by atoms with Crippen molar-refractivity contribution in [2.45, 2.75) is 25.2 Å². The summed E-state index contributed by atoms with van der Waals surface area (Å²) in [6, 6.07) is 14.6. The van der Waals surface area contributed by atoms with Crippen LogP contribution in [0.1, 0.15) is 17.5 Å². The summed E-state index contributed by atoms with van der Waals surface area (Å²) in [5.41, 5.74) is 10.8. The number of rotatable bonds is 7. The summed E-state index contributed by atoms with van der Waals surface area (Å²) in [4.78, 5) is 10.9. The normalized spacial score (nSPS) is 13.3. The second-order valence-corrected chi connectivity index (χ2v) is 5.92. The molecule has 0 bridgehead atoms. The van der Waals surface area contributed by atoms with Crippen LogP contribution < -0.4 is 16.2 Å². The molecule has 0 aliphatic rings. The number of carbonyl (C=O) groups excluding carboxylic acids is 1. The Morgan fingerprint density at radius 1 is 1.17 bits per heavy atom. The van der Waals surface area contributed by atoms with Crippen molar-refractivity contribution in [2.24, 2.45) is 11.5 Å². The number of benzene rings is 2. The third-order valence-corrected chi connectivity index (χ3v) is 3.44. The lowest BCUT2D eigenvalue weighted by molar-refractivity contribution is -0.122. The number of amides is 1. The van der Waals surface area contributed by atoms with E-state index in [4.69, 9.17) is 27.8 Å². The van der Waals surface area contributed by atoms with Gasteiger partial charge in [0.2, 0.25) is 5.91 Å². The minimum atomic E-state index is -1.64. The third kappa shape index (κ3) is 5.90. The molecule has 2 aromatic rings. The fraction of sp³-hybridized carbons (Fsp3) is 0.235. The molecular weight excluding hydrogens is 316 g/mol. The van der Waals surface area contributed by atoms with Crippen LogP contribution >= 0.6 is 11.6 Å². The van der Waals surface area contributed by atoms with E-state index in [2.05, 4.69) is 0 Å². The average molecular weight is 335 g/mol. The first-order chi connectivity index (χ1) is 10.8. The maximum Gasteiger partial charge on any atom is 0.221 e. The number of ether oxygens (including phenoxy) is 1. The van der Waals surface area contributed by atoms with Crippen molar-refractivity contribution in [3.05, 3.63) is 64.7 Å². The Morgan fingerprint density at radius 2 is 1.87 bits per heavy atom. The lowest BCUT2D eigenvalue weighted by Gasteiger charge is -2.21. The van der Waals surface area contributed by atoms with E-state index < -0.39 is 11.6 Å². The fourth-order valence-corrected chi connectivity index (χ4v) is 2.43. The van der Waals surface area contributed by atoms with Crippen LogP contribution in [0.25, 0.3) is 0 Å². The van der Waals surface area contributed by atoms with Gasteiger partial charge in [-0.2, -0.15) is 0 Å². The highest BCUT2D eigenvalue weighted by Gasteiger charge is 2.24. The number of carbonyl (C=O) groups is 1. The summed E-state index contributed by atoms with van der Waals surface area (Å²) in [6.45, 7) is 0.405. The highest BCUT2D eigenvalue weighted by atomic mass is 35.5. The molecule has 1 unspecified atom stereocenters. The van der Waals surface area contributed by atoms with Gasteiger partial charge in [0.1, 0.15) is 18.1 Å². The van der Waals surface area contributed by atoms with Crippen LogP contribution in [-0.2, 0) is 17.8 Å². The molecule has 0 saturated heterocycles. The van der Waals surface area contributed by atoms with Gasteiger partial charge in [-0.15, -0.1) is 0 Å². The van der Waals surface area contributed by atoms with Crippen molar-refractivity contribution in [2.75, 3.05) is 0 Å². The van der Waals surface area contributed by atoms with E-state index in [9.17, 15) is 9.90 Å². The smallest absolute Gasteiger partial charge is 0.221 e. The molecule has 5 N–H and O–H groups in total. The quantitative estimate of drug-likeness (QED) is 0.674. The van der Waals surface area contributed by atoms with Crippen molar-refractivity contribution in [3.63, 3.8) is 0 Å². The lowest BCUT2D eigenvalue weighted by atomic mass is 10.00. The zero-order valence-electron chi connectivity index (χ0n) is 12.5. The van der Waals surface area contributed by atoms with Crippen molar-refractivity contribution < 1.29 is 14.6 Å². The Labute approximate surface area is 139 Å². The molecule has 0 aliphatic heterocycles. The van der Waals surface area contributed by atoms with Gasteiger partial charge in [-0.3, -0.25) is 4.79 Å². The molecule has 23 heavy (non-hydrogen) atoms. The van der Waals surface area contributed by atoms with Crippen LogP contribution in [0.15, 0.2) is 48.5 Å². The number of nitrogens with two attached hydrogens (primary N) is 2. The van der Waals surface area contributed by atoms with Gasteiger partial charge in [0.05, 0.1) is 6.42 Å². The highest BCUT2D eigenvalue weighted by molar-refractivity contribution is 6.30. The first kappa shape index (κ1) is 17.3. The van der Waals surface area contributed by atoms with Gasteiger partial charge in [0.15, 0.2) is 0 Å². The second kappa shape index (κ2) is 7.46. The molecule has 0 radical (unpaired) electrons. The van der Waals surface area contributed by atoms with E-state index in [-0.39, 0.29) is 12.8 Å². The van der Waals surface area contributed by atoms with Crippen LogP contribution in [0.2, 0.25) is 5.02 Å². The Morgan fingerprint density at radius 3 is 2.48 bits per heavy atom. The monoisotopic (exact) mass is 334 g/mol. The molecule has 0 saturated carbocycles. The van der Waals surface area contributed by atoms with Crippen LogP contribution in [0.4, 0.5) is 0 Å². The molecule has 5 nitrogen and oxygen atoms in total. The number of halogens is 1. The van der Waals surface area contributed by atoms with Crippen molar-refractivity contribution in [1.29, 1.82) is 0 Å². The second-order valence-electron chi connectivity index (χ2n) is 5.49. The first-order valence-electron chi connectivity index (χ1n) is 7.10. The summed E-state index contributed by atoms with van der Waals surface area (Å²) >= 11 is 5.92. The molecule has 0 fully saturated rings. The van der Waals surface area contributed by atoms with Crippen LogP contribution in [0, 0.1) is 0 Å². The number of hydrogen-bond acceptors (Lipinski definition) is 4. The minimum Gasteiger partial charge on any atom is -0.489 e. The predicted octanol–water partition coefficient (Wildman–Crippen LogP) is 1.98. The Kier molecular flexibility index (Phi) is 5.60. The zero-order chi connectivity index (χ0) is 16.9. The molecule has 2 aromatic carbocycles. The maximum absolute atomic E-state index is 10.9. The topological polar surface area (TPSA) is 98.6 Å². The number of primary amides is 1. The molecule has 0 spiro atoms. The molecule has 1 amide bonds. The Bertz CT molecular complexity index is 672. The molecule has 0 aliphatic carbocycles. The largest absolute Gasteiger partial charge is 0.489 e. The molecule has 2 rings (SSSR count). The predicted molar refractivity (Wildman–Crippen MR) is 88.9 cm³/mol.